The maximum atomic E-state index is 12.4. The summed E-state index contributed by atoms with van der Waals surface area (Å²) >= 11 is 0. The third-order valence-electron chi connectivity index (χ3n) is 2.71. The predicted octanol–water partition coefficient (Wildman–Crippen LogP) is 2.55. The molecule has 100 valence electrons. The number of aromatic nitrogens is 1. The molecule has 1 heterocycles. The number of pyridine rings is 1. The predicted molar refractivity (Wildman–Crippen MR) is 74.9 cm³/mol. The molecule has 1 aromatic heterocycles. The number of amides is 1. The van der Waals surface area contributed by atoms with Crippen molar-refractivity contribution >= 4 is 11.7 Å². The molecule has 0 saturated heterocycles. The Kier molecular flexibility index (Phi) is 5.13. The molecule has 0 unspecified atom stereocenters. The lowest BCUT2D eigenvalue weighted by Gasteiger charge is -2.23. The molecule has 0 aliphatic carbocycles. The van der Waals surface area contributed by atoms with Crippen molar-refractivity contribution in [3.05, 3.63) is 23.4 Å². The van der Waals surface area contributed by atoms with Crippen molar-refractivity contribution in [2.45, 2.75) is 27.7 Å². The second kappa shape index (κ2) is 6.38. The number of rotatable bonds is 5. The summed E-state index contributed by atoms with van der Waals surface area (Å²) in [5, 5.41) is 2.98. The van der Waals surface area contributed by atoms with Gasteiger partial charge in [0.25, 0.3) is 5.91 Å². The minimum atomic E-state index is 0.0770. The molecule has 0 fully saturated rings. The fourth-order valence-electron chi connectivity index (χ4n) is 1.90. The highest BCUT2D eigenvalue weighted by Crippen LogP contribution is 2.13. The van der Waals surface area contributed by atoms with E-state index in [0.29, 0.717) is 11.5 Å². The summed E-state index contributed by atoms with van der Waals surface area (Å²) in [5.74, 6) is 1.28. The molecule has 0 aromatic carbocycles. The monoisotopic (exact) mass is 249 g/mol. The molecule has 0 aliphatic heterocycles. The number of anilines is 1. The summed E-state index contributed by atoms with van der Waals surface area (Å²) in [5.41, 5.74) is 1.56. The van der Waals surface area contributed by atoms with Crippen LogP contribution in [-0.2, 0) is 0 Å². The first-order chi connectivity index (χ1) is 8.47. The topological polar surface area (TPSA) is 45.2 Å². The van der Waals surface area contributed by atoms with E-state index in [1.165, 1.54) is 0 Å². The van der Waals surface area contributed by atoms with Gasteiger partial charge in [-0.1, -0.05) is 13.8 Å². The van der Waals surface area contributed by atoms with Gasteiger partial charge < -0.3 is 10.2 Å². The molecule has 1 amide bonds. The quantitative estimate of drug-likeness (QED) is 0.872. The molecule has 1 N–H and O–H groups in total. The summed E-state index contributed by atoms with van der Waals surface area (Å²) in [6.45, 7) is 9.65. The van der Waals surface area contributed by atoms with E-state index in [1.54, 1.807) is 6.07 Å². The number of hydrogen-bond acceptors (Lipinski definition) is 3. The summed E-state index contributed by atoms with van der Waals surface area (Å²) in [6.07, 6.45) is 0. The van der Waals surface area contributed by atoms with Gasteiger partial charge in [0.05, 0.1) is 0 Å². The van der Waals surface area contributed by atoms with E-state index in [-0.39, 0.29) is 5.91 Å². The molecular formula is C14H23N3O. The van der Waals surface area contributed by atoms with Crippen LogP contribution in [-0.4, -0.2) is 35.9 Å². The van der Waals surface area contributed by atoms with Gasteiger partial charge in [-0.2, -0.15) is 0 Å². The van der Waals surface area contributed by atoms with E-state index in [0.717, 1.165) is 24.6 Å². The normalized spacial score (nSPS) is 10.6. The molecule has 4 heteroatoms. The number of aryl methyl sites for hydroxylation is 1. The highest BCUT2D eigenvalue weighted by Gasteiger charge is 2.16. The SMILES string of the molecule is CCN(CC(C)C)C(=O)c1cc(C)nc(NC)c1. The summed E-state index contributed by atoms with van der Waals surface area (Å²) in [7, 11) is 1.81. The number of nitrogens with one attached hydrogen (secondary N) is 1. The van der Waals surface area contributed by atoms with Gasteiger partial charge in [0.15, 0.2) is 0 Å². The van der Waals surface area contributed by atoms with Crippen molar-refractivity contribution in [1.82, 2.24) is 9.88 Å². The Morgan fingerprint density at radius 1 is 1.44 bits per heavy atom. The number of carbonyl (C=O) groups is 1. The first-order valence-electron chi connectivity index (χ1n) is 6.43. The molecule has 0 atom stereocenters. The van der Waals surface area contributed by atoms with Gasteiger partial charge in [-0.05, 0) is 31.9 Å². The fraction of sp³-hybridized carbons (Fsp3) is 0.571. The smallest absolute Gasteiger partial charge is 0.254 e. The van der Waals surface area contributed by atoms with E-state index >= 15 is 0 Å². The van der Waals surface area contributed by atoms with E-state index in [1.807, 2.05) is 31.9 Å². The first-order valence-corrected chi connectivity index (χ1v) is 6.43. The molecule has 0 bridgehead atoms. The Hall–Kier alpha value is -1.58. The van der Waals surface area contributed by atoms with Gasteiger partial charge in [0.2, 0.25) is 0 Å². The third kappa shape index (κ3) is 3.72. The van der Waals surface area contributed by atoms with Gasteiger partial charge in [0, 0.05) is 31.4 Å². The Bertz CT molecular complexity index is 416. The zero-order valence-corrected chi connectivity index (χ0v) is 11.9. The van der Waals surface area contributed by atoms with Crippen molar-refractivity contribution in [1.29, 1.82) is 0 Å². The highest BCUT2D eigenvalue weighted by atomic mass is 16.2. The average molecular weight is 249 g/mol. The maximum Gasteiger partial charge on any atom is 0.254 e. The van der Waals surface area contributed by atoms with Crippen LogP contribution in [0.3, 0.4) is 0 Å². The van der Waals surface area contributed by atoms with Crippen molar-refractivity contribution in [2.24, 2.45) is 5.92 Å². The zero-order valence-electron chi connectivity index (χ0n) is 11.9. The number of hydrogen-bond donors (Lipinski definition) is 1. The summed E-state index contributed by atoms with van der Waals surface area (Å²) in [4.78, 5) is 18.6. The van der Waals surface area contributed by atoms with Gasteiger partial charge in [0.1, 0.15) is 5.82 Å². The molecule has 1 aromatic rings. The van der Waals surface area contributed by atoms with E-state index in [4.69, 9.17) is 0 Å². The van der Waals surface area contributed by atoms with Crippen LogP contribution >= 0.6 is 0 Å². The largest absolute Gasteiger partial charge is 0.373 e. The van der Waals surface area contributed by atoms with Crippen molar-refractivity contribution < 1.29 is 4.79 Å². The fourth-order valence-corrected chi connectivity index (χ4v) is 1.90. The van der Waals surface area contributed by atoms with Crippen LogP contribution in [0.15, 0.2) is 12.1 Å². The second-order valence-corrected chi connectivity index (χ2v) is 4.87. The molecular weight excluding hydrogens is 226 g/mol. The van der Waals surface area contributed by atoms with Crippen LogP contribution in [0.4, 0.5) is 5.82 Å². The van der Waals surface area contributed by atoms with E-state index in [2.05, 4.69) is 24.1 Å². The standard InChI is InChI=1S/C14H23N3O/c1-6-17(9-10(2)3)14(18)12-7-11(4)16-13(8-12)15-5/h7-8,10H,6,9H2,1-5H3,(H,15,16). The average Bonchev–Trinajstić information content (AvgIpc) is 2.34. The Morgan fingerprint density at radius 2 is 2.11 bits per heavy atom. The zero-order chi connectivity index (χ0) is 13.7. The lowest BCUT2D eigenvalue weighted by molar-refractivity contribution is 0.0745. The Morgan fingerprint density at radius 3 is 2.61 bits per heavy atom. The molecule has 4 nitrogen and oxygen atoms in total. The van der Waals surface area contributed by atoms with Crippen LogP contribution in [0.2, 0.25) is 0 Å². The van der Waals surface area contributed by atoms with Crippen LogP contribution in [0.5, 0.6) is 0 Å². The van der Waals surface area contributed by atoms with E-state index < -0.39 is 0 Å². The van der Waals surface area contributed by atoms with Gasteiger partial charge >= 0.3 is 0 Å². The van der Waals surface area contributed by atoms with Crippen LogP contribution in [0, 0.1) is 12.8 Å². The minimum absolute atomic E-state index is 0.0770. The molecule has 1 rings (SSSR count). The third-order valence-corrected chi connectivity index (χ3v) is 2.71. The van der Waals surface area contributed by atoms with Crippen molar-refractivity contribution in [3.8, 4) is 0 Å². The summed E-state index contributed by atoms with van der Waals surface area (Å²) in [6, 6.07) is 3.64. The summed E-state index contributed by atoms with van der Waals surface area (Å²) < 4.78 is 0. The lowest BCUT2D eigenvalue weighted by Crippen LogP contribution is -2.34. The minimum Gasteiger partial charge on any atom is -0.373 e. The van der Waals surface area contributed by atoms with Crippen molar-refractivity contribution in [3.63, 3.8) is 0 Å². The highest BCUT2D eigenvalue weighted by molar-refractivity contribution is 5.95. The van der Waals surface area contributed by atoms with Crippen LogP contribution < -0.4 is 5.32 Å². The molecule has 0 saturated carbocycles. The molecule has 0 aliphatic rings. The van der Waals surface area contributed by atoms with Gasteiger partial charge in [-0.15, -0.1) is 0 Å². The van der Waals surface area contributed by atoms with Gasteiger partial charge in [-0.25, -0.2) is 4.98 Å². The van der Waals surface area contributed by atoms with Gasteiger partial charge in [-0.3, -0.25) is 4.79 Å². The lowest BCUT2D eigenvalue weighted by atomic mass is 10.1. The number of carbonyl (C=O) groups excluding carboxylic acids is 1. The van der Waals surface area contributed by atoms with Crippen LogP contribution in [0.25, 0.3) is 0 Å². The first kappa shape index (κ1) is 14.5. The second-order valence-electron chi connectivity index (χ2n) is 4.87. The Labute approximate surface area is 109 Å². The number of nitrogens with zero attached hydrogens (tertiary/aromatic N) is 2. The van der Waals surface area contributed by atoms with Crippen molar-refractivity contribution in [2.75, 3.05) is 25.5 Å². The molecule has 0 radical (unpaired) electrons. The van der Waals surface area contributed by atoms with E-state index in [9.17, 15) is 4.79 Å². The van der Waals surface area contributed by atoms with Crippen LogP contribution in [0.1, 0.15) is 36.8 Å². The molecule has 0 spiro atoms. The molecule has 18 heavy (non-hydrogen) atoms. The maximum absolute atomic E-state index is 12.4. The Balaban J connectivity index is 2.97.